The zero-order chi connectivity index (χ0) is 21.6. The van der Waals surface area contributed by atoms with Crippen molar-refractivity contribution < 1.29 is 9.26 Å². The Morgan fingerprint density at radius 3 is 2.97 bits per heavy atom. The predicted octanol–water partition coefficient (Wildman–Crippen LogP) is 4.92. The van der Waals surface area contributed by atoms with E-state index in [0.717, 1.165) is 23.5 Å². The van der Waals surface area contributed by atoms with Crippen LogP contribution in [0.1, 0.15) is 18.7 Å². The van der Waals surface area contributed by atoms with Crippen molar-refractivity contribution in [3.63, 3.8) is 0 Å². The number of benzene rings is 1. The fourth-order valence-corrected chi connectivity index (χ4v) is 4.88. The summed E-state index contributed by atoms with van der Waals surface area (Å²) in [6.45, 7) is 1.13. The van der Waals surface area contributed by atoms with Crippen LogP contribution in [0.25, 0.3) is 21.6 Å². The van der Waals surface area contributed by atoms with Crippen molar-refractivity contribution in [2.45, 2.75) is 31.0 Å². The molecular weight excluding hydrogens is 456 g/mol. The lowest BCUT2D eigenvalue weighted by Crippen LogP contribution is -2.24. The second kappa shape index (κ2) is 10.4. The number of thioether (sulfide) groups is 1. The summed E-state index contributed by atoms with van der Waals surface area (Å²) in [5.74, 6) is 2.00. The number of methoxy groups -OCH3 is 1. The highest BCUT2D eigenvalue weighted by molar-refractivity contribution is 7.99. The lowest BCUT2D eigenvalue weighted by Gasteiger charge is -2.13. The molecule has 0 unspecified atom stereocenters. The Kier molecular flexibility index (Phi) is 7.39. The predicted molar refractivity (Wildman–Crippen MR) is 124 cm³/mol. The lowest BCUT2D eigenvalue weighted by atomic mass is 10.2. The number of rotatable bonds is 10. The summed E-state index contributed by atoms with van der Waals surface area (Å²) in [7, 11) is 1.65. The Morgan fingerprint density at radius 1 is 1.26 bits per heavy atom. The zero-order valence-corrected chi connectivity index (χ0v) is 19.3. The molecular formula is C21H21ClN4O3S2. The third-order valence-electron chi connectivity index (χ3n) is 4.59. The molecule has 0 aliphatic heterocycles. The Balaban J connectivity index is 1.45. The molecule has 3 heterocycles. The number of fused-ring (bicyclic) bond motifs is 1. The minimum atomic E-state index is -0.0576. The van der Waals surface area contributed by atoms with Crippen molar-refractivity contribution in [3.05, 3.63) is 57.0 Å². The molecule has 0 amide bonds. The van der Waals surface area contributed by atoms with E-state index in [9.17, 15) is 4.79 Å². The van der Waals surface area contributed by atoms with E-state index in [4.69, 9.17) is 25.8 Å². The van der Waals surface area contributed by atoms with Crippen molar-refractivity contribution in [2.24, 2.45) is 0 Å². The van der Waals surface area contributed by atoms with E-state index in [1.165, 1.54) is 0 Å². The monoisotopic (exact) mass is 476 g/mol. The number of aromatic nitrogens is 4. The molecule has 0 saturated heterocycles. The molecule has 10 heteroatoms. The van der Waals surface area contributed by atoms with Crippen LogP contribution in [0.15, 0.2) is 50.2 Å². The van der Waals surface area contributed by atoms with Crippen molar-refractivity contribution in [1.29, 1.82) is 0 Å². The van der Waals surface area contributed by atoms with Crippen LogP contribution in [-0.2, 0) is 17.7 Å². The summed E-state index contributed by atoms with van der Waals surface area (Å²) < 4.78 is 12.2. The third kappa shape index (κ3) is 5.35. The van der Waals surface area contributed by atoms with E-state index in [-0.39, 0.29) is 5.56 Å². The molecule has 0 fully saturated rings. The van der Waals surface area contributed by atoms with E-state index in [1.807, 2.05) is 17.5 Å². The molecule has 0 bridgehead atoms. The van der Waals surface area contributed by atoms with Crippen LogP contribution in [0.2, 0.25) is 5.02 Å². The average Bonchev–Trinajstić information content (AvgIpc) is 3.45. The SMILES string of the molecule is COCCCn1c(SCCCc2nc(-c3cccs3)no2)nc2cc(Cl)ccc2c1=O. The minimum Gasteiger partial charge on any atom is -0.385 e. The van der Waals surface area contributed by atoms with Crippen LogP contribution in [0.4, 0.5) is 0 Å². The summed E-state index contributed by atoms with van der Waals surface area (Å²) in [6.07, 6.45) is 2.22. The molecule has 4 aromatic rings. The van der Waals surface area contributed by atoms with Crippen LogP contribution in [0, 0.1) is 0 Å². The molecule has 0 aliphatic carbocycles. The van der Waals surface area contributed by atoms with Gasteiger partial charge in [-0.05, 0) is 42.5 Å². The van der Waals surface area contributed by atoms with Crippen LogP contribution in [0.3, 0.4) is 0 Å². The summed E-state index contributed by atoms with van der Waals surface area (Å²) >= 11 is 9.23. The Morgan fingerprint density at radius 2 is 2.16 bits per heavy atom. The largest absolute Gasteiger partial charge is 0.385 e. The summed E-state index contributed by atoms with van der Waals surface area (Å²) in [6, 6.07) is 9.10. The van der Waals surface area contributed by atoms with Crippen molar-refractivity contribution in [1.82, 2.24) is 19.7 Å². The van der Waals surface area contributed by atoms with E-state index >= 15 is 0 Å². The highest BCUT2D eigenvalue weighted by Crippen LogP contribution is 2.23. The van der Waals surface area contributed by atoms with Crippen molar-refractivity contribution in [3.8, 4) is 10.7 Å². The fourth-order valence-electron chi connectivity index (χ4n) is 3.10. The minimum absolute atomic E-state index is 0.0576. The van der Waals surface area contributed by atoms with Crippen LogP contribution >= 0.6 is 34.7 Å². The normalized spacial score (nSPS) is 11.4. The average molecular weight is 477 g/mol. The van der Waals surface area contributed by atoms with Crippen molar-refractivity contribution in [2.75, 3.05) is 19.5 Å². The van der Waals surface area contributed by atoms with Gasteiger partial charge in [0.15, 0.2) is 5.16 Å². The first-order chi connectivity index (χ1) is 15.2. The van der Waals surface area contributed by atoms with Gasteiger partial charge in [-0.1, -0.05) is 34.6 Å². The molecule has 162 valence electrons. The van der Waals surface area contributed by atoms with Gasteiger partial charge in [0.1, 0.15) is 0 Å². The summed E-state index contributed by atoms with van der Waals surface area (Å²) in [4.78, 5) is 23.2. The van der Waals surface area contributed by atoms with Gasteiger partial charge in [0.05, 0.1) is 15.8 Å². The Hall–Kier alpha value is -2.20. The molecule has 0 aliphatic rings. The second-order valence-electron chi connectivity index (χ2n) is 6.80. The topological polar surface area (TPSA) is 83.0 Å². The molecule has 0 spiro atoms. The molecule has 31 heavy (non-hydrogen) atoms. The maximum atomic E-state index is 13.0. The number of halogens is 1. The van der Waals surface area contributed by atoms with E-state index < -0.39 is 0 Å². The first kappa shape index (κ1) is 22.0. The molecule has 1 aromatic carbocycles. The summed E-state index contributed by atoms with van der Waals surface area (Å²) in [5.41, 5.74) is 0.554. The standard InChI is InChI=1S/C21H21ClN4O3S2/c1-28-10-4-9-26-20(27)15-8-7-14(22)13-16(15)23-21(26)31-12-3-6-18-24-19(25-29-18)17-5-2-11-30-17/h2,5,7-8,11,13H,3-4,6,9-10,12H2,1H3. The number of nitrogens with zero attached hydrogens (tertiary/aromatic N) is 4. The molecule has 4 rings (SSSR count). The van der Waals surface area contributed by atoms with Gasteiger partial charge in [0.25, 0.3) is 5.56 Å². The Bertz CT molecular complexity index is 1210. The van der Waals surface area contributed by atoms with Gasteiger partial charge >= 0.3 is 0 Å². The number of aryl methyl sites for hydroxylation is 1. The highest BCUT2D eigenvalue weighted by Gasteiger charge is 2.13. The summed E-state index contributed by atoms with van der Waals surface area (Å²) in [5, 5.41) is 7.83. The molecule has 0 atom stereocenters. The van der Waals surface area contributed by atoms with E-state index in [1.54, 1.807) is 53.0 Å². The molecule has 0 N–H and O–H groups in total. The van der Waals surface area contributed by atoms with Gasteiger partial charge in [0, 0.05) is 37.5 Å². The van der Waals surface area contributed by atoms with E-state index in [2.05, 4.69) is 10.1 Å². The maximum Gasteiger partial charge on any atom is 0.262 e. The first-order valence-electron chi connectivity index (χ1n) is 9.84. The van der Waals surface area contributed by atoms with Crippen molar-refractivity contribution >= 4 is 45.6 Å². The molecule has 0 saturated carbocycles. The van der Waals surface area contributed by atoms with Gasteiger partial charge in [-0.15, -0.1) is 11.3 Å². The molecule has 3 aromatic heterocycles. The third-order valence-corrected chi connectivity index (χ3v) is 6.75. The van der Waals surface area contributed by atoms with Crippen LogP contribution in [0.5, 0.6) is 0 Å². The van der Waals surface area contributed by atoms with Gasteiger partial charge in [-0.25, -0.2) is 4.98 Å². The highest BCUT2D eigenvalue weighted by atomic mass is 35.5. The van der Waals surface area contributed by atoms with Gasteiger partial charge in [0.2, 0.25) is 11.7 Å². The fraction of sp³-hybridized carbons (Fsp3) is 0.333. The van der Waals surface area contributed by atoms with Gasteiger partial charge in [-0.3, -0.25) is 9.36 Å². The lowest BCUT2D eigenvalue weighted by molar-refractivity contribution is 0.189. The van der Waals surface area contributed by atoms with Gasteiger partial charge in [-0.2, -0.15) is 4.98 Å². The van der Waals surface area contributed by atoms with Crippen LogP contribution in [-0.4, -0.2) is 39.2 Å². The number of ether oxygens (including phenoxy) is 1. The second-order valence-corrected chi connectivity index (χ2v) is 9.25. The van der Waals surface area contributed by atoms with E-state index in [0.29, 0.717) is 52.4 Å². The zero-order valence-electron chi connectivity index (χ0n) is 16.9. The van der Waals surface area contributed by atoms with Gasteiger partial charge < -0.3 is 9.26 Å². The molecule has 0 radical (unpaired) electrons. The smallest absolute Gasteiger partial charge is 0.262 e. The Labute approximate surface area is 192 Å². The maximum absolute atomic E-state index is 13.0. The van der Waals surface area contributed by atoms with Crippen LogP contribution < -0.4 is 5.56 Å². The first-order valence-corrected chi connectivity index (χ1v) is 12.1. The number of thiophene rings is 1. The molecule has 7 nitrogen and oxygen atoms in total. The number of hydrogen-bond acceptors (Lipinski definition) is 8. The quantitative estimate of drug-likeness (QED) is 0.182. The number of hydrogen-bond donors (Lipinski definition) is 0.